The van der Waals surface area contributed by atoms with E-state index in [1.54, 1.807) is 30.3 Å². The molecule has 25 heavy (non-hydrogen) atoms. The zero-order valence-corrected chi connectivity index (χ0v) is 15.6. The Morgan fingerprint density at radius 2 is 1.84 bits per heavy atom. The minimum Gasteiger partial charge on any atom is -0.494 e. The number of ether oxygens (including phenoxy) is 1. The fraction of sp³-hybridized carbons (Fsp3) is 0.158. The van der Waals surface area contributed by atoms with Gasteiger partial charge < -0.3 is 4.74 Å². The second-order valence-electron chi connectivity index (χ2n) is 5.26. The first-order valence-corrected chi connectivity index (χ1v) is 8.56. The molecule has 130 valence electrons. The third-order valence-electron chi connectivity index (χ3n) is 3.30. The van der Waals surface area contributed by atoms with Crippen molar-refractivity contribution < 1.29 is 14.3 Å². The molecular weight excluding hydrogens is 384 g/mol. The number of carbonyl (C=O) groups is 2. The fourth-order valence-corrected chi connectivity index (χ4v) is 2.66. The van der Waals surface area contributed by atoms with Crippen molar-refractivity contribution in [2.75, 3.05) is 6.61 Å². The van der Waals surface area contributed by atoms with Crippen molar-refractivity contribution in [1.82, 2.24) is 10.9 Å². The second kappa shape index (κ2) is 9.03. The van der Waals surface area contributed by atoms with Crippen molar-refractivity contribution >= 4 is 33.8 Å². The molecule has 0 aliphatic rings. The molecule has 0 fully saturated rings. The van der Waals surface area contributed by atoms with Crippen LogP contribution in [-0.4, -0.2) is 18.4 Å². The summed E-state index contributed by atoms with van der Waals surface area (Å²) < 4.78 is 6.21. The molecule has 0 aromatic heterocycles. The van der Waals surface area contributed by atoms with Crippen molar-refractivity contribution in [3.8, 4) is 5.75 Å². The predicted molar refractivity (Wildman–Crippen MR) is 101 cm³/mol. The van der Waals surface area contributed by atoms with Gasteiger partial charge in [-0.05, 0) is 61.4 Å². The molecule has 2 rings (SSSR count). The number of benzene rings is 2. The Kier molecular flexibility index (Phi) is 6.77. The van der Waals surface area contributed by atoms with E-state index in [2.05, 4.69) is 26.8 Å². The van der Waals surface area contributed by atoms with Crippen molar-refractivity contribution in [2.24, 2.45) is 0 Å². The number of aryl methyl sites for hydroxylation is 1. The number of carbonyl (C=O) groups excluding carboxylic acids is 2. The molecule has 0 saturated heterocycles. The first-order chi connectivity index (χ1) is 12.0. The molecule has 0 spiro atoms. The quantitative estimate of drug-likeness (QED) is 0.592. The minimum atomic E-state index is -0.424. The SMILES string of the molecule is CCOc1ccc(C(=O)NNC(=O)/C=C/c2ccc(C)cc2Br)cc1. The normalized spacial score (nSPS) is 10.5. The Morgan fingerprint density at radius 1 is 1.12 bits per heavy atom. The van der Waals surface area contributed by atoms with Crippen molar-refractivity contribution in [3.05, 3.63) is 69.7 Å². The summed E-state index contributed by atoms with van der Waals surface area (Å²) in [5, 5.41) is 0. The van der Waals surface area contributed by atoms with Gasteiger partial charge in [-0.25, -0.2) is 0 Å². The molecule has 5 nitrogen and oxygen atoms in total. The average Bonchev–Trinajstić information content (AvgIpc) is 2.60. The highest BCUT2D eigenvalue weighted by molar-refractivity contribution is 9.10. The molecule has 0 radical (unpaired) electrons. The van der Waals surface area contributed by atoms with E-state index >= 15 is 0 Å². The molecule has 2 aromatic rings. The topological polar surface area (TPSA) is 67.4 Å². The summed E-state index contributed by atoms with van der Waals surface area (Å²) in [6.07, 6.45) is 3.02. The molecule has 2 N–H and O–H groups in total. The Morgan fingerprint density at radius 3 is 2.48 bits per heavy atom. The molecule has 0 unspecified atom stereocenters. The van der Waals surface area contributed by atoms with Crippen molar-refractivity contribution in [3.63, 3.8) is 0 Å². The maximum absolute atomic E-state index is 12.0. The molecule has 2 amide bonds. The van der Waals surface area contributed by atoms with Crippen LogP contribution in [0.4, 0.5) is 0 Å². The van der Waals surface area contributed by atoms with Gasteiger partial charge in [0, 0.05) is 16.1 Å². The van der Waals surface area contributed by atoms with Gasteiger partial charge >= 0.3 is 0 Å². The molecular formula is C19H19BrN2O3. The van der Waals surface area contributed by atoms with E-state index in [9.17, 15) is 9.59 Å². The lowest BCUT2D eigenvalue weighted by Crippen LogP contribution is -2.40. The van der Waals surface area contributed by atoms with Gasteiger partial charge in [-0.2, -0.15) is 0 Å². The number of nitrogens with one attached hydrogen (secondary N) is 2. The molecule has 0 bridgehead atoms. The number of hydrogen-bond donors (Lipinski definition) is 2. The van der Waals surface area contributed by atoms with E-state index in [1.165, 1.54) is 6.08 Å². The number of amides is 2. The molecule has 0 aliphatic carbocycles. The van der Waals surface area contributed by atoms with Crippen molar-refractivity contribution in [2.45, 2.75) is 13.8 Å². The Hall–Kier alpha value is -2.60. The summed E-state index contributed by atoms with van der Waals surface area (Å²) in [7, 11) is 0. The summed E-state index contributed by atoms with van der Waals surface area (Å²) >= 11 is 3.44. The van der Waals surface area contributed by atoms with Gasteiger partial charge in [0.05, 0.1) is 6.61 Å². The maximum atomic E-state index is 12.0. The molecule has 0 heterocycles. The largest absolute Gasteiger partial charge is 0.494 e. The zero-order valence-electron chi connectivity index (χ0n) is 14.0. The number of hydrogen-bond acceptors (Lipinski definition) is 3. The minimum absolute atomic E-state index is 0.402. The Bertz CT molecular complexity index is 786. The summed E-state index contributed by atoms with van der Waals surface area (Å²) in [4.78, 5) is 23.8. The predicted octanol–water partition coefficient (Wildman–Crippen LogP) is 3.63. The average molecular weight is 403 g/mol. The maximum Gasteiger partial charge on any atom is 0.269 e. The van der Waals surface area contributed by atoms with Crippen molar-refractivity contribution in [1.29, 1.82) is 0 Å². The van der Waals surface area contributed by atoms with Crippen LogP contribution < -0.4 is 15.6 Å². The monoisotopic (exact) mass is 402 g/mol. The highest BCUT2D eigenvalue weighted by Gasteiger charge is 2.06. The fourth-order valence-electron chi connectivity index (χ4n) is 2.03. The van der Waals surface area contributed by atoms with Crippen LogP contribution in [0.1, 0.15) is 28.4 Å². The Labute approximate surface area is 155 Å². The van der Waals surface area contributed by atoms with E-state index in [4.69, 9.17) is 4.74 Å². The summed E-state index contributed by atoms with van der Waals surface area (Å²) in [6, 6.07) is 12.5. The van der Waals surface area contributed by atoms with Gasteiger partial charge in [0.1, 0.15) is 5.75 Å². The zero-order chi connectivity index (χ0) is 18.2. The lowest BCUT2D eigenvalue weighted by atomic mass is 10.1. The summed E-state index contributed by atoms with van der Waals surface area (Å²) in [5.74, 6) is -0.136. The van der Waals surface area contributed by atoms with Crippen LogP contribution in [0.15, 0.2) is 53.0 Å². The third kappa shape index (κ3) is 5.76. The van der Waals surface area contributed by atoms with E-state index in [-0.39, 0.29) is 0 Å². The smallest absolute Gasteiger partial charge is 0.269 e. The van der Waals surface area contributed by atoms with Crippen LogP contribution in [0.25, 0.3) is 6.08 Å². The number of halogens is 1. The van der Waals surface area contributed by atoms with Gasteiger partial charge in [-0.1, -0.05) is 28.1 Å². The number of hydrazine groups is 1. The van der Waals surface area contributed by atoms with E-state index in [1.807, 2.05) is 32.0 Å². The first-order valence-electron chi connectivity index (χ1n) is 7.77. The molecule has 6 heteroatoms. The molecule has 0 saturated carbocycles. The van der Waals surface area contributed by atoms with Crippen LogP contribution in [-0.2, 0) is 4.79 Å². The van der Waals surface area contributed by atoms with Gasteiger partial charge in [0.25, 0.3) is 11.8 Å². The highest BCUT2D eigenvalue weighted by Crippen LogP contribution is 2.19. The van der Waals surface area contributed by atoms with Crippen LogP contribution in [0, 0.1) is 6.92 Å². The number of rotatable bonds is 5. The lowest BCUT2D eigenvalue weighted by Gasteiger charge is -2.07. The van der Waals surface area contributed by atoms with Gasteiger partial charge in [0.15, 0.2) is 0 Å². The third-order valence-corrected chi connectivity index (χ3v) is 3.98. The van der Waals surface area contributed by atoms with Crippen LogP contribution in [0.2, 0.25) is 0 Å². The molecule has 2 aromatic carbocycles. The lowest BCUT2D eigenvalue weighted by molar-refractivity contribution is -0.117. The summed E-state index contributed by atoms with van der Waals surface area (Å²) in [6.45, 7) is 4.44. The van der Waals surface area contributed by atoms with E-state index in [0.717, 1.165) is 15.6 Å². The molecule has 0 atom stereocenters. The van der Waals surface area contributed by atoms with E-state index < -0.39 is 11.8 Å². The van der Waals surface area contributed by atoms with Crippen LogP contribution in [0.3, 0.4) is 0 Å². The van der Waals surface area contributed by atoms with Crippen LogP contribution >= 0.6 is 15.9 Å². The summed E-state index contributed by atoms with van der Waals surface area (Å²) in [5.41, 5.74) is 7.14. The highest BCUT2D eigenvalue weighted by atomic mass is 79.9. The van der Waals surface area contributed by atoms with E-state index in [0.29, 0.717) is 17.9 Å². The van der Waals surface area contributed by atoms with Gasteiger partial charge in [-0.3, -0.25) is 20.4 Å². The van der Waals surface area contributed by atoms with Gasteiger partial charge in [-0.15, -0.1) is 0 Å². The second-order valence-corrected chi connectivity index (χ2v) is 6.11. The first kappa shape index (κ1) is 18.7. The molecule has 0 aliphatic heterocycles. The standard InChI is InChI=1S/C19H19BrN2O3/c1-3-25-16-9-6-15(7-10-16)19(24)22-21-18(23)11-8-14-5-4-13(2)12-17(14)20/h4-12H,3H2,1-2H3,(H,21,23)(H,22,24)/b11-8+. The van der Waals surface area contributed by atoms with Gasteiger partial charge in [0.2, 0.25) is 0 Å². The van der Waals surface area contributed by atoms with Crippen LogP contribution in [0.5, 0.6) is 5.75 Å². The Balaban J connectivity index is 1.88.